The second-order valence-corrected chi connectivity index (χ2v) is 17.9. The summed E-state index contributed by atoms with van der Waals surface area (Å²) < 4.78 is 11.5. The average Bonchev–Trinajstić information content (AvgIpc) is 3.36. The van der Waals surface area contributed by atoms with Crippen molar-refractivity contribution >= 4 is 32.2 Å². The Balaban J connectivity index is 1.34. The Morgan fingerprint density at radius 1 is 0.830 bits per heavy atom. The van der Waals surface area contributed by atoms with E-state index in [4.69, 9.17) is 9.16 Å². The van der Waals surface area contributed by atoms with Crippen molar-refractivity contribution in [2.24, 2.45) is 5.92 Å². The molecular formula is C37H47N3O6Si. The minimum atomic E-state index is -2.20. The number of amides is 3. The van der Waals surface area contributed by atoms with E-state index in [9.17, 15) is 19.2 Å². The Kier molecular flexibility index (Phi) is 11.6. The van der Waals surface area contributed by atoms with Crippen molar-refractivity contribution in [3.8, 4) is 11.1 Å². The molecule has 47 heavy (non-hydrogen) atoms. The molecule has 0 aliphatic heterocycles. The molecule has 3 aromatic rings. The predicted octanol–water partition coefficient (Wildman–Crippen LogP) is 5.85. The minimum absolute atomic E-state index is 0.0000156. The van der Waals surface area contributed by atoms with Crippen molar-refractivity contribution in [2.75, 3.05) is 27.2 Å². The van der Waals surface area contributed by atoms with Crippen LogP contribution < -0.4 is 5.32 Å². The summed E-state index contributed by atoms with van der Waals surface area (Å²) in [5.74, 6) is -1.37. The van der Waals surface area contributed by atoms with Crippen LogP contribution in [0, 0.1) is 5.92 Å². The van der Waals surface area contributed by atoms with Crippen molar-refractivity contribution < 1.29 is 28.3 Å². The number of benzene rings is 3. The maximum Gasteiger partial charge on any atom is 0.407 e. The molecule has 0 bridgehead atoms. The van der Waals surface area contributed by atoms with Gasteiger partial charge < -0.3 is 24.3 Å². The van der Waals surface area contributed by atoms with Gasteiger partial charge in [-0.25, -0.2) is 4.79 Å². The van der Waals surface area contributed by atoms with Gasteiger partial charge in [-0.2, -0.15) is 0 Å². The van der Waals surface area contributed by atoms with Crippen LogP contribution in [-0.4, -0.2) is 81.3 Å². The standard InChI is InChI=1S/C37H47N3O6Si/c1-25(2)34(38-37(44)45-24-31-29-19-13-11-17-27(29)28-18-12-14-20-30(28)31)35(42)39(3)22-21-33(41)40(4)32(36(43)46-47(5,6)7)23-26-15-9-8-10-16-26/h8-20,25,31-32,34H,21-24H2,1-7H3,(H,38,44)/t32-,34-/m0/s1. The highest BCUT2D eigenvalue weighted by atomic mass is 28.4. The summed E-state index contributed by atoms with van der Waals surface area (Å²) in [6, 6.07) is 24.1. The van der Waals surface area contributed by atoms with E-state index in [2.05, 4.69) is 29.6 Å². The second kappa shape index (κ2) is 15.4. The monoisotopic (exact) mass is 657 g/mol. The lowest BCUT2D eigenvalue weighted by molar-refractivity contribution is -0.148. The van der Waals surface area contributed by atoms with E-state index in [0.717, 1.165) is 27.8 Å². The first-order chi connectivity index (χ1) is 22.3. The van der Waals surface area contributed by atoms with Gasteiger partial charge in [-0.1, -0.05) is 92.7 Å². The van der Waals surface area contributed by atoms with Crippen LogP contribution >= 0.6 is 0 Å². The average molecular weight is 658 g/mol. The maximum atomic E-state index is 13.5. The van der Waals surface area contributed by atoms with Gasteiger partial charge in [-0.3, -0.25) is 14.4 Å². The molecule has 0 aromatic heterocycles. The van der Waals surface area contributed by atoms with Crippen molar-refractivity contribution in [2.45, 2.75) is 64.3 Å². The summed E-state index contributed by atoms with van der Waals surface area (Å²) >= 11 is 0. The van der Waals surface area contributed by atoms with Gasteiger partial charge in [0.15, 0.2) is 0 Å². The molecule has 9 nitrogen and oxygen atoms in total. The number of carbonyl (C=O) groups excluding carboxylic acids is 4. The van der Waals surface area contributed by atoms with Crippen LogP contribution in [0.5, 0.6) is 0 Å². The van der Waals surface area contributed by atoms with Crippen LogP contribution in [0.2, 0.25) is 19.6 Å². The smallest absolute Gasteiger partial charge is 0.407 e. The molecule has 2 atom stereocenters. The van der Waals surface area contributed by atoms with Crippen LogP contribution in [-0.2, 0) is 30.0 Å². The van der Waals surface area contributed by atoms with Gasteiger partial charge in [0.25, 0.3) is 0 Å². The number of ether oxygens (including phenoxy) is 1. The summed E-state index contributed by atoms with van der Waals surface area (Å²) in [5.41, 5.74) is 5.39. The van der Waals surface area contributed by atoms with Gasteiger partial charge in [0.1, 0.15) is 18.7 Å². The molecule has 0 fully saturated rings. The molecule has 0 saturated carbocycles. The molecule has 3 amide bonds. The molecule has 0 unspecified atom stereocenters. The zero-order valence-corrected chi connectivity index (χ0v) is 29.5. The lowest BCUT2D eigenvalue weighted by Gasteiger charge is -2.31. The molecule has 0 radical (unpaired) electrons. The third-order valence-electron chi connectivity index (χ3n) is 8.40. The summed E-state index contributed by atoms with van der Waals surface area (Å²) in [4.78, 5) is 55.9. The van der Waals surface area contributed by atoms with Gasteiger partial charge >= 0.3 is 12.1 Å². The highest BCUT2D eigenvalue weighted by molar-refractivity contribution is 6.71. The first-order valence-electron chi connectivity index (χ1n) is 16.2. The Morgan fingerprint density at radius 2 is 1.38 bits per heavy atom. The van der Waals surface area contributed by atoms with Crippen LogP contribution in [0.1, 0.15) is 42.9 Å². The molecule has 1 aliphatic rings. The fraction of sp³-hybridized carbons (Fsp3) is 0.405. The fourth-order valence-electron chi connectivity index (χ4n) is 5.83. The number of rotatable bonds is 13. The second-order valence-electron chi connectivity index (χ2n) is 13.4. The number of hydrogen-bond acceptors (Lipinski definition) is 6. The van der Waals surface area contributed by atoms with Crippen molar-refractivity contribution in [1.29, 1.82) is 0 Å². The number of carbonyl (C=O) groups is 4. The van der Waals surface area contributed by atoms with Gasteiger partial charge in [-0.15, -0.1) is 0 Å². The molecule has 4 rings (SSSR count). The maximum absolute atomic E-state index is 13.5. The first-order valence-corrected chi connectivity index (χ1v) is 19.6. The lowest BCUT2D eigenvalue weighted by atomic mass is 9.98. The molecule has 10 heteroatoms. The summed E-state index contributed by atoms with van der Waals surface area (Å²) in [7, 11) is 0.999. The number of likely N-dealkylation sites (N-methyl/N-ethyl adjacent to an activating group) is 2. The lowest BCUT2D eigenvalue weighted by Crippen LogP contribution is -2.51. The summed E-state index contributed by atoms with van der Waals surface area (Å²) in [6.07, 6.45) is -0.353. The zero-order chi connectivity index (χ0) is 34.3. The predicted molar refractivity (Wildman–Crippen MR) is 185 cm³/mol. The topological polar surface area (TPSA) is 105 Å². The van der Waals surface area contributed by atoms with Gasteiger partial charge in [0.05, 0.1) is 0 Å². The van der Waals surface area contributed by atoms with Crippen molar-refractivity contribution in [3.05, 3.63) is 95.6 Å². The number of nitrogens with zero attached hydrogens (tertiary/aromatic N) is 2. The van der Waals surface area contributed by atoms with Crippen LogP contribution in [0.3, 0.4) is 0 Å². The first kappa shape index (κ1) is 35.4. The zero-order valence-electron chi connectivity index (χ0n) is 28.5. The van der Waals surface area contributed by atoms with E-state index in [1.807, 2.05) is 88.1 Å². The molecular weight excluding hydrogens is 611 g/mol. The molecule has 1 N–H and O–H groups in total. The van der Waals surface area contributed by atoms with E-state index < -0.39 is 32.5 Å². The summed E-state index contributed by atoms with van der Waals surface area (Å²) in [5, 5.41) is 2.76. The molecule has 0 spiro atoms. The molecule has 250 valence electrons. The highest BCUT2D eigenvalue weighted by Crippen LogP contribution is 2.44. The molecule has 3 aromatic carbocycles. The van der Waals surface area contributed by atoms with E-state index in [0.29, 0.717) is 6.42 Å². The molecule has 0 heterocycles. The molecule has 0 saturated heterocycles. The van der Waals surface area contributed by atoms with Crippen LogP contribution in [0.25, 0.3) is 11.1 Å². The fourth-order valence-corrected chi connectivity index (χ4v) is 6.57. The van der Waals surface area contributed by atoms with Gasteiger partial charge in [0.2, 0.25) is 20.1 Å². The summed E-state index contributed by atoms with van der Waals surface area (Å²) in [6.45, 7) is 9.71. The normalized spacial score (nSPS) is 13.6. The molecule has 1 aliphatic carbocycles. The largest absolute Gasteiger partial charge is 0.518 e. The Morgan fingerprint density at radius 3 is 1.94 bits per heavy atom. The Bertz CT molecular complexity index is 1530. The van der Waals surface area contributed by atoms with E-state index in [1.165, 1.54) is 9.80 Å². The number of alkyl carbamates (subject to hydrolysis) is 1. The highest BCUT2D eigenvalue weighted by Gasteiger charge is 2.34. The third-order valence-corrected chi connectivity index (χ3v) is 9.21. The van der Waals surface area contributed by atoms with Gasteiger partial charge in [-0.05, 0) is 53.4 Å². The number of nitrogens with one attached hydrogen (secondary N) is 1. The number of fused-ring (bicyclic) bond motifs is 3. The Labute approximate surface area is 279 Å². The van der Waals surface area contributed by atoms with Gasteiger partial charge in [0, 0.05) is 39.4 Å². The van der Waals surface area contributed by atoms with E-state index in [1.54, 1.807) is 14.1 Å². The SMILES string of the molecule is CC(C)[C@H](NC(=O)OCC1c2ccccc2-c2ccccc21)C(=O)N(C)CCC(=O)N(C)[C@@H](Cc1ccccc1)C(=O)O[Si](C)(C)C. The minimum Gasteiger partial charge on any atom is -0.518 e. The Hall–Kier alpha value is -4.44. The van der Waals surface area contributed by atoms with Crippen molar-refractivity contribution in [3.63, 3.8) is 0 Å². The van der Waals surface area contributed by atoms with Crippen molar-refractivity contribution in [1.82, 2.24) is 15.1 Å². The third kappa shape index (κ3) is 9.09. The van der Waals surface area contributed by atoms with E-state index in [-0.39, 0.29) is 43.2 Å². The number of hydrogen-bond donors (Lipinski definition) is 1. The van der Waals surface area contributed by atoms with Crippen LogP contribution in [0.4, 0.5) is 4.79 Å². The quantitative estimate of drug-likeness (QED) is 0.232. The van der Waals surface area contributed by atoms with Crippen LogP contribution in [0.15, 0.2) is 78.9 Å². The van der Waals surface area contributed by atoms with E-state index >= 15 is 0 Å².